The van der Waals surface area contributed by atoms with Gasteiger partial charge in [0.05, 0.1) is 5.52 Å². The number of piperazine rings is 1. The number of hydrogen-bond acceptors (Lipinski definition) is 4. The molecule has 0 radical (unpaired) electrons. The second-order valence-corrected chi connectivity index (χ2v) is 9.79. The second-order valence-electron chi connectivity index (χ2n) is 8.71. The van der Waals surface area contributed by atoms with Crippen molar-refractivity contribution in [2.45, 2.75) is 32.9 Å². The number of hydrogen-bond donors (Lipinski definition) is 1. The van der Waals surface area contributed by atoms with E-state index in [0.717, 1.165) is 34.2 Å². The molecule has 158 valence electrons. The molecule has 2 heterocycles. The molecule has 0 aliphatic carbocycles. The molecule has 1 amide bonds. The number of nitrogens with one attached hydrogen (secondary N) is 1. The molecule has 3 aromatic rings. The molecule has 2 aromatic carbocycles. The molecule has 7 heteroatoms. The number of aromatic nitrogens is 2. The zero-order valence-corrected chi connectivity index (χ0v) is 19.8. The Bertz CT molecular complexity index is 1030. The van der Waals surface area contributed by atoms with Gasteiger partial charge in [-0.25, -0.2) is 4.79 Å². The predicted molar refractivity (Wildman–Crippen MR) is 127 cm³/mol. The maximum atomic E-state index is 12.2. The Hall–Kier alpha value is -2.13. The minimum Gasteiger partial charge on any atom is -0.444 e. The van der Waals surface area contributed by atoms with E-state index >= 15 is 0 Å². The van der Waals surface area contributed by atoms with Crippen LogP contribution < -0.4 is 0 Å². The minimum absolute atomic E-state index is 0.212. The second kappa shape index (κ2) is 8.55. The van der Waals surface area contributed by atoms with Crippen LogP contribution in [0.4, 0.5) is 4.79 Å². The molecule has 1 aliphatic rings. The summed E-state index contributed by atoms with van der Waals surface area (Å²) in [5.41, 5.74) is 4.22. The maximum absolute atomic E-state index is 12.2. The number of carbonyl (C=O) groups is 1. The summed E-state index contributed by atoms with van der Waals surface area (Å²) in [6.45, 7) is 9.72. The van der Waals surface area contributed by atoms with E-state index in [1.165, 1.54) is 16.7 Å². The lowest BCUT2D eigenvalue weighted by atomic mass is 10.0. The monoisotopic (exact) mass is 518 g/mol. The average molecular weight is 518 g/mol. The molecule has 1 N–H and O–H groups in total. The first-order chi connectivity index (χ1) is 14.3. The van der Waals surface area contributed by atoms with Crippen LogP contribution in [0.5, 0.6) is 0 Å². The molecule has 30 heavy (non-hydrogen) atoms. The SMILES string of the molecule is CC(C)(C)OC(=O)N1CCN(Cc2ccc(-c3ccc4n[nH]c(I)c4c3)cc2)CC1. The summed E-state index contributed by atoms with van der Waals surface area (Å²) >= 11 is 2.28. The highest BCUT2D eigenvalue weighted by atomic mass is 127. The molecule has 0 saturated carbocycles. The molecule has 4 rings (SSSR count). The molecular formula is C23H27IN4O2. The summed E-state index contributed by atoms with van der Waals surface area (Å²) in [5.74, 6) is 0. The molecular weight excluding hydrogens is 491 g/mol. The summed E-state index contributed by atoms with van der Waals surface area (Å²) in [6.07, 6.45) is -0.212. The Morgan fingerprint density at radius 3 is 2.40 bits per heavy atom. The maximum Gasteiger partial charge on any atom is 0.410 e. The van der Waals surface area contributed by atoms with Gasteiger partial charge in [-0.3, -0.25) is 10.00 Å². The summed E-state index contributed by atoms with van der Waals surface area (Å²) in [7, 11) is 0. The topological polar surface area (TPSA) is 61.5 Å². The van der Waals surface area contributed by atoms with E-state index in [0.29, 0.717) is 13.1 Å². The molecule has 1 aliphatic heterocycles. The summed E-state index contributed by atoms with van der Waals surface area (Å²) in [4.78, 5) is 16.4. The lowest BCUT2D eigenvalue weighted by Gasteiger charge is -2.35. The van der Waals surface area contributed by atoms with Crippen LogP contribution in [0, 0.1) is 3.70 Å². The first-order valence-electron chi connectivity index (χ1n) is 10.2. The highest BCUT2D eigenvalue weighted by Crippen LogP contribution is 2.26. The van der Waals surface area contributed by atoms with Gasteiger partial charge in [-0.1, -0.05) is 30.3 Å². The zero-order valence-electron chi connectivity index (χ0n) is 17.6. The summed E-state index contributed by atoms with van der Waals surface area (Å²) in [5, 5.41) is 8.48. The Labute approximate surface area is 190 Å². The van der Waals surface area contributed by atoms with Crippen LogP contribution in [-0.2, 0) is 11.3 Å². The normalized spacial score (nSPS) is 15.5. The van der Waals surface area contributed by atoms with Crippen molar-refractivity contribution in [2.75, 3.05) is 26.2 Å². The molecule has 1 aromatic heterocycles. The van der Waals surface area contributed by atoms with Gasteiger partial charge in [0.15, 0.2) is 0 Å². The van der Waals surface area contributed by atoms with Crippen LogP contribution in [0.2, 0.25) is 0 Å². The Kier molecular flexibility index (Phi) is 6.02. The van der Waals surface area contributed by atoms with Crippen LogP contribution in [-0.4, -0.2) is 57.9 Å². The van der Waals surface area contributed by atoms with Gasteiger partial charge in [-0.2, -0.15) is 5.10 Å². The number of ether oxygens (including phenoxy) is 1. The first kappa shape index (κ1) is 21.1. The zero-order chi connectivity index (χ0) is 21.3. The number of H-pyrrole nitrogens is 1. The van der Waals surface area contributed by atoms with Gasteiger partial charge in [0.25, 0.3) is 0 Å². The van der Waals surface area contributed by atoms with E-state index in [9.17, 15) is 4.79 Å². The Morgan fingerprint density at radius 2 is 1.73 bits per heavy atom. The third-order valence-corrected chi connectivity index (χ3v) is 6.05. The fourth-order valence-electron chi connectivity index (χ4n) is 3.63. The van der Waals surface area contributed by atoms with Crippen LogP contribution in [0.25, 0.3) is 22.0 Å². The summed E-state index contributed by atoms with van der Waals surface area (Å²) < 4.78 is 6.54. The van der Waals surface area contributed by atoms with Gasteiger partial charge in [0.1, 0.15) is 9.30 Å². The first-order valence-corrected chi connectivity index (χ1v) is 11.3. The van der Waals surface area contributed by atoms with Crippen molar-refractivity contribution in [3.63, 3.8) is 0 Å². The van der Waals surface area contributed by atoms with Crippen molar-refractivity contribution in [3.05, 3.63) is 51.7 Å². The molecule has 6 nitrogen and oxygen atoms in total. The van der Waals surface area contributed by atoms with Crippen LogP contribution in [0.3, 0.4) is 0 Å². The third-order valence-electron chi connectivity index (χ3n) is 5.22. The Balaban J connectivity index is 1.35. The number of benzene rings is 2. The highest BCUT2D eigenvalue weighted by molar-refractivity contribution is 14.1. The number of amides is 1. The molecule has 0 atom stereocenters. The van der Waals surface area contributed by atoms with Gasteiger partial charge in [0.2, 0.25) is 0 Å². The van der Waals surface area contributed by atoms with E-state index in [2.05, 4.69) is 80.2 Å². The molecule has 0 bridgehead atoms. The van der Waals surface area contributed by atoms with Gasteiger partial charge in [-0.15, -0.1) is 0 Å². The van der Waals surface area contributed by atoms with E-state index < -0.39 is 5.60 Å². The smallest absolute Gasteiger partial charge is 0.410 e. The highest BCUT2D eigenvalue weighted by Gasteiger charge is 2.25. The van der Waals surface area contributed by atoms with Crippen LogP contribution >= 0.6 is 22.6 Å². The predicted octanol–water partition coefficient (Wildman–Crippen LogP) is 4.89. The van der Waals surface area contributed by atoms with Gasteiger partial charge >= 0.3 is 6.09 Å². The fourth-order valence-corrected chi connectivity index (χ4v) is 4.19. The van der Waals surface area contributed by atoms with Crippen molar-refractivity contribution >= 4 is 39.6 Å². The lowest BCUT2D eigenvalue weighted by Crippen LogP contribution is -2.49. The van der Waals surface area contributed by atoms with Gasteiger partial charge in [0, 0.05) is 38.1 Å². The van der Waals surface area contributed by atoms with Crippen molar-refractivity contribution in [2.24, 2.45) is 0 Å². The molecule has 0 spiro atoms. The quantitative estimate of drug-likeness (QED) is 0.502. The largest absolute Gasteiger partial charge is 0.444 e. The lowest BCUT2D eigenvalue weighted by molar-refractivity contribution is 0.0139. The molecule has 0 unspecified atom stereocenters. The van der Waals surface area contributed by atoms with E-state index in [1.807, 2.05) is 20.8 Å². The summed E-state index contributed by atoms with van der Waals surface area (Å²) in [6, 6.07) is 15.1. The van der Waals surface area contributed by atoms with Gasteiger partial charge < -0.3 is 9.64 Å². The molecule has 1 saturated heterocycles. The average Bonchev–Trinajstić information content (AvgIpc) is 3.08. The van der Waals surface area contributed by atoms with Crippen molar-refractivity contribution in [3.8, 4) is 11.1 Å². The number of aromatic amines is 1. The van der Waals surface area contributed by atoms with Crippen molar-refractivity contribution < 1.29 is 9.53 Å². The number of carbonyl (C=O) groups excluding carboxylic acids is 1. The van der Waals surface area contributed by atoms with Crippen molar-refractivity contribution in [1.82, 2.24) is 20.0 Å². The third kappa shape index (κ3) is 4.95. The van der Waals surface area contributed by atoms with Crippen molar-refractivity contribution in [1.29, 1.82) is 0 Å². The number of nitrogens with zero attached hydrogens (tertiary/aromatic N) is 3. The number of fused-ring (bicyclic) bond motifs is 1. The minimum atomic E-state index is -0.448. The van der Waals surface area contributed by atoms with E-state index in [1.54, 1.807) is 4.90 Å². The van der Waals surface area contributed by atoms with E-state index in [-0.39, 0.29) is 6.09 Å². The standard InChI is InChI=1S/C23H27IN4O2/c1-23(2,3)30-22(29)28-12-10-27(11-13-28)15-16-4-6-17(7-5-16)18-8-9-20-19(14-18)21(24)26-25-20/h4-9,14H,10-13,15H2,1-3H3,(H,25,26). The Morgan fingerprint density at radius 1 is 1.07 bits per heavy atom. The van der Waals surface area contributed by atoms with Gasteiger partial charge in [-0.05, 0) is 72.2 Å². The number of halogens is 1. The van der Waals surface area contributed by atoms with Crippen LogP contribution in [0.15, 0.2) is 42.5 Å². The fraction of sp³-hybridized carbons (Fsp3) is 0.391. The van der Waals surface area contributed by atoms with E-state index in [4.69, 9.17) is 4.74 Å². The molecule has 1 fully saturated rings. The number of rotatable bonds is 3. The van der Waals surface area contributed by atoms with Crippen LogP contribution in [0.1, 0.15) is 26.3 Å².